The lowest BCUT2D eigenvalue weighted by Crippen LogP contribution is -2.26. The third-order valence-corrected chi connectivity index (χ3v) is 3.66. The van der Waals surface area contributed by atoms with Crippen LogP contribution in [0.2, 0.25) is 0 Å². The standard InChI is InChI=1S/C17H21NO3/c1-13-4-5-14(3-2-9-19)11-16(13)17(20)18-8-6-15-7-10-21-12-15/h4-5,11,15,19H,6-10,12H2,1H3,(H,18,20). The normalized spacial score (nSPS) is 17.1. The molecule has 1 fully saturated rings. The van der Waals surface area contributed by atoms with E-state index in [1.807, 2.05) is 19.1 Å². The molecule has 4 nitrogen and oxygen atoms in total. The Bertz CT molecular complexity index is 551. The molecular weight excluding hydrogens is 266 g/mol. The van der Waals surface area contributed by atoms with Crippen molar-refractivity contribution in [2.45, 2.75) is 19.8 Å². The van der Waals surface area contributed by atoms with E-state index in [1.54, 1.807) is 6.07 Å². The molecule has 1 atom stereocenters. The highest BCUT2D eigenvalue weighted by molar-refractivity contribution is 5.96. The Kier molecular flexibility index (Phi) is 5.79. The molecule has 1 aromatic rings. The maximum Gasteiger partial charge on any atom is 0.251 e. The van der Waals surface area contributed by atoms with Crippen LogP contribution in [-0.2, 0) is 4.74 Å². The summed E-state index contributed by atoms with van der Waals surface area (Å²) >= 11 is 0. The molecule has 1 aliphatic heterocycles. The summed E-state index contributed by atoms with van der Waals surface area (Å²) in [5, 5.41) is 11.7. The Labute approximate surface area is 125 Å². The first-order valence-electron chi connectivity index (χ1n) is 7.27. The van der Waals surface area contributed by atoms with Crippen molar-refractivity contribution in [2.75, 3.05) is 26.4 Å². The van der Waals surface area contributed by atoms with Crippen molar-refractivity contribution in [1.29, 1.82) is 0 Å². The van der Waals surface area contributed by atoms with Crippen molar-refractivity contribution in [2.24, 2.45) is 5.92 Å². The zero-order valence-electron chi connectivity index (χ0n) is 12.3. The Morgan fingerprint density at radius 2 is 2.38 bits per heavy atom. The molecule has 21 heavy (non-hydrogen) atoms. The topological polar surface area (TPSA) is 58.6 Å². The van der Waals surface area contributed by atoms with Crippen LogP contribution in [0.5, 0.6) is 0 Å². The van der Waals surface area contributed by atoms with Gasteiger partial charge in [-0.2, -0.15) is 0 Å². The zero-order valence-corrected chi connectivity index (χ0v) is 12.3. The number of aliphatic hydroxyl groups is 1. The first kappa shape index (κ1) is 15.6. The van der Waals surface area contributed by atoms with Gasteiger partial charge in [0.15, 0.2) is 0 Å². The summed E-state index contributed by atoms with van der Waals surface area (Å²) in [5.41, 5.74) is 2.30. The maximum atomic E-state index is 12.2. The average Bonchev–Trinajstić information content (AvgIpc) is 2.99. The van der Waals surface area contributed by atoms with Gasteiger partial charge in [-0.1, -0.05) is 17.9 Å². The zero-order chi connectivity index (χ0) is 15.1. The number of amides is 1. The van der Waals surface area contributed by atoms with Crippen LogP contribution >= 0.6 is 0 Å². The molecule has 1 saturated heterocycles. The first-order valence-corrected chi connectivity index (χ1v) is 7.27. The van der Waals surface area contributed by atoms with Gasteiger partial charge in [0.2, 0.25) is 0 Å². The fourth-order valence-electron chi connectivity index (χ4n) is 2.38. The summed E-state index contributed by atoms with van der Waals surface area (Å²) in [6, 6.07) is 5.50. The molecule has 1 amide bonds. The minimum absolute atomic E-state index is 0.0703. The van der Waals surface area contributed by atoms with Crippen LogP contribution in [0, 0.1) is 24.7 Å². The Hall–Kier alpha value is -1.83. The fraction of sp³-hybridized carbons (Fsp3) is 0.471. The molecule has 1 aliphatic rings. The molecule has 0 bridgehead atoms. The average molecular weight is 287 g/mol. The summed E-state index contributed by atoms with van der Waals surface area (Å²) in [5.74, 6) is 5.90. The van der Waals surface area contributed by atoms with Gasteiger partial charge >= 0.3 is 0 Å². The number of ether oxygens (including phenoxy) is 1. The second-order valence-corrected chi connectivity index (χ2v) is 5.26. The molecule has 1 aromatic carbocycles. The van der Waals surface area contributed by atoms with Crippen LogP contribution < -0.4 is 5.32 Å². The number of carbonyl (C=O) groups excluding carboxylic acids is 1. The van der Waals surface area contributed by atoms with Crippen molar-refractivity contribution in [3.8, 4) is 11.8 Å². The number of carbonyl (C=O) groups is 1. The number of rotatable bonds is 4. The Balaban J connectivity index is 1.94. The molecule has 0 radical (unpaired) electrons. The highest BCUT2D eigenvalue weighted by Crippen LogP contribution is 2.15. The van der Waals surface area contributed by atoms with Crippen molar-refractivity contribution < 1.29 is 14.6 Å². The van der Waals surface area contributed by atoms with Crippen LogP contribution in [0.1, 0.15) is 34.3 Å². The Morgan fingerprint density at radius 1 is 1.52 bits per heavy atom. The monoisotopic (exact) mass is 287 g/mol. The molecule has 1 unspecified atom stereocenters. The lowest BCUT2D eigenvalue weighted by Gasteiger charge is -2.10. The lowest BCUT2D eigenvalue weighted by molar-refractivity contribution is 0.0950. The van der Waals surface area contributed by atoms with Gasteiger partial charge in [-0.15, -0.1) is 0 Å². The van der Waals surface area contributed by atoms with E-state index in [1.165, 1.54) is 0 Å². The molecule has 0 spiro atoms. The van der Waals surface area contributed by atoms with E-state index in [-0.39, 0.29) is 12.5 Å². The minimum Gasteiger partial charge on any atom is -0.384 e. The van der Waals surface area contributed by atoms with Gasteiger partial charge in [-0.3, -0.25) is 4.79 Å². The predicted octanol–water partition coefficient (Wildman–Crippen LogP) is 1.50. The van der Waals surface area contributed by atoms with Gasteiger partial charge in [0.1, 0.15) is 6.61 Å². The molecule has 2 N–H and O–H groups in total. The summed E-state index contributed by atoms with van der Waals surface area (Å²) in [4.78, 5) is 12.2. The van der Waals surface area contributed by atoms with E-state index in [9.17, 15) is 4.79 Å². The quantitative estimate of drug-likeness (QED) is 0.825. The highest BCUT2D eigenvalue weighted by Gasteiger charge is 2.16. The SMILES string of the molecule is Cc1ccc(C#CCO)cc1C(=O)NCCC1CCOC1. The summed E-state index contributed by atoms with van der Waals surface area (Å²) in [6.45, 7) is 4.03. The number of hydrogen-bond acceptors (Lipinski definition) is 3. The largest absolute Gasteiger partial charge is 0.384 e. The molecule has 2 rings (SSSR count). The summed E-state index contributed by atoms with van der Waals surface area (Å²) in [6.07, 6.45) is 2.04. The molecule has 0 saturated carbocycles. The van der Waals surface area contributed by atoms with Gasteiger partial charge in [0.25, 0.3) is 5.91 Å². The van der Waals surface area contributed by atoms with Crippen LogP contribution in [0.25, 0.3) is 0 Å². The Morgan fingerprint density at radius 3 is 3.10 bits per heavy atom. The molecular formula is C17H21NO3. The molecule has 0 aliphatic carbocycles. The van der Waals surface area contributed by atoms with Gasteiger partial charge in [0, 0.05) is 30.9 Å². The van der Waals surface area contributed by atoms with E-state index in [0.29, 0.717) is 18.0 Å². The molecule has 0 aromatic heterocycles. The van der Waals surface area contributed by atoms with Crippen LogP contribution in [-0.4, -0.2) is 37.4 Å². The smallest absolute Gasteiger partial charge is 0.251 e. The number of benzene rings is 1. The third-order valence-electron chi connectivity index (χ3n) is 3.66. The van der Waals surface area contributed by atoms with Crippen LogP contribution in [0.15, 0.2) is 18.2 Å². The predicted molar refractivity (Wildman–Crippen MR) is 81.0 cm³/mol. The number of aryl methyl sites for hydroxylation is 1. The van der Waals surface area contributed by atoms with Gasteiger partial charge in [0.05, 0.1) is 0 Å². The minimum atomic E-state index is -0.182. The third kappa shape index (κ3) is 4.59. The fourth-order valence-corrected chi connectivity index (χ4v) is 2.38. The van der Waals surface area contributed by atoms with E-state index in [4.69, 9.17) is 9.84 Å². The number of nitrogens with one attached hydrogen (secondary N) is 1. The van der Waals surface area contributed by atoms with Crippen molar-refractivity contribution in [3.63, 3.8) is 0 Å². The van der Waals surface area contributed by atoms with Gasteiger partial charge < -0.3 is 15.2 Å². The highest BCUT2D eigenvalue weighted by atomic mass is 16.5. The van der Waals surface area contributed by atoms with E-state index >= 15 is 0 Å². The maximum absolute atomic E-state index is 12.2. The van der Waals surface area contributed by atoms with Crippen molar-refractivity contribution in [1.82, 2.24) is 5.32 Å². The van der Waals surface area contributed by atoms with Crippen LogP contribution in [0.4, 0.5) is 0 Å². The van der Waals surface area contributed by atoms with Crippen molar-refractivity contribution in [3.05, 3.63) is 34.9 Å². The second kappa shape index (κ2) is 7.82. The lowest BCUT2D eigenvalue weighted by atomic mass is 10.0. The molecule has 1 heterocycles. The van der Waals surface area contributed by atoms with Gasteiger partial charge in [-0.25, -0.2) is 0 Å². The first-order chi connectivity index (χ1) is 10.2. The van der Waals surface area contributed by atoms with E-state index in [2.05, 4.69) is 17.2 Å². The molecule has 4 heteroatoms. The van der Waals surface area contributed by atoms with Crippen LogP contribution in [0.3, 0.4) is 0 Å². The van der Waals surface area contributed by atoms with Gasteiger partial charge in [-0.05, 0) is 43.4 Å². The van der Waals surface area contributed by atoms with E-state index in [0.717, 1.165) is 37.2 Å². The number of hydrogen-bond donors (Lipinski definition) is 2. The van der Waals surface area contributed by atoms with E-state index < -0.39 is 0 Å². The summed E-state index contributed by atoms with van der Waals surface area (Å²) in [7, 11) is 0. The second-order valence-electron chi connectivity index (χ2n) is 5.26. The summed E-state index contributed by atoms with van der Waals surface area (Å²) < 4.78 is 5.32. The number of aliphatic hydroxyl groups excluding tert-OH is 1. The molecule has 112 valence electrons. The van der Waals surface area contributed by atoms with Crippen molar-refractivity contribution >= 4 is 5.91 Å².